The normalized spacial score (nSPS) is 11.1. The Labute approximate surface area is 124 Å². The van der Waals surface area contributed by atoms with Gasteiger partial charge in [-0.3, -0.25) is 9.71 Å². The molecule has 0 aliphatic heterocycles. The maximum absolute atomic E-state index is 13.0. The average Bonchev–Trinajstić information content (AvgIpc) is 2.37. The Balaban J connectivity index is 2.47. The first kappa shape index (κ1) is 15.2. The van der Waals surface area contributed by atoms with Crippen molar-refractivity contribution in [3.63, 3.8) is 0 Å². The number of nitrogens with one attached hydrogen (secondary N) is 1. The molecule has 0 saturated carbocycles. The summed E-state index contributed by atoms with van der Waals surface area (Å²) in [5, 5.41) is 8.94. The van der Waals surface area contributed by atoms with E-state index < -0.39 is 32.3 Å². The van der Waals surface area contributed by atoms with Crippen molar-refractivity contribution in [1.29, 1.82) is 0 Å². The van der Waals surface area contributed by atoms with E-state index >= 15 is 0 Å². The Hall–Kier alpha value is -2.19. The number of halogens is 2. The summed E-state index contributed by atoms with van der Waals surface area (Å²) in [7, 11) is -4.18. The molecule has 0 atom stereocenters. The molecule has 1 heterocycles. The van der Waals surface area contributed by atoms with Crippen molar-refractivity contribution in [3.05, 3.63) is 53.1 Å². The van der Waals surface area contributed by atoms with E-state index in [1.165, 1.54) is 18.2 Å². The zero-order valence-electron chi connectivity index (χ0n) is 10.2. The zero-order chi connectivity index (χ0) is 15.6. The van der Waals surface area contributed by atoms with Crippen molar-refractivity contribution in [2.45, 2.75) is 4.90 Å². The van der Waals surface area contributed by atoms with Crippen LogP contribution < -0.4 is 4.72 Å². The van der Waals surface area contributed by atoms with Crippen LogP contribution in [0.15, 0.2) is 41.6 Å². The van der Waals surface area contributed by atoms with Crippen molar-refractivity contribution < 1.29 is 22.7 Å². The number of sulfonamides is 1. The van der Waals surface area contributed by atoms with Gasteiger partial charge in [-0.05, 0) is 18.2 Å². The first-order chi connectivity index (χ1) is 9.81. The highest BCUT2D eigenvalue weighted by Crippen LogP contribution is 2.26. The van der Waals surface area contributed by atoms with Crippen LogP contribution in [0.2, 0.25) is 5.02 Å². The highest BCUT2D eigenvalue weighted by atomic mass is 35.5. The average molecular weight is 331 g/mol. The number of rotatable bonds is 4. The summed E-state index contributed by atoms with van der Waals surface area (Å²) in [6, 6.07) is 4.70. The molecule has 2 rings (SSSR count). The first-order valence-corrected chi connectivity index (χ1v) is 7.32. The van der Waals surface area contributed by atoms with Gasteiger partial charge < -0.3 is 5.11 Å². The Bertz CT molecular complexity index is 811. The third-order valence-electron chi connectivity index (χ3n) is 2.46. The molecule has 0 fully saturated rings. The number of carboxylic acids is 1. The SMILES string of the molecule is O=C(O)c1c(Cl)cccc1NS(=O)(=O)c1cncc(F)c1. The van der Waals surface area contributed by atoms with E-state index in [0.717, 1.165) is 18.5 Å². The Morgan fingerprint density at radius 1 is 1.33 bits per heavy atom. The third kappa shape index (κ3) is 3.29. The molecule has 0 aliphatic rings. The molecule has 0 unspecified atom stereocenters. The van der Waals surface area contributed by atoms with Crippen LogP contribution in [0.25, 0.3) is 0 Å². The second kappa shape index (κ2) is 5.66. The molecule has 6 nitrogen and oxygen atoms in total. The molecular formula is C12H8ClFN2O4S. The van der Waals surface area contributed by atoms with Crippen LogP contribution in [0.3, 0.4) is 0 Å². The number of carbonyl (C=O) groups is 1. The predicted octanol–water partition coefficient (Wildman–Crippen LogP) is 2.37. The van der Waals surface area contributed by atoms with Crippen LogP contribution in [0.5, 0.6) is 0 Å². The molecular weight excluding hydrogens is 323 g/mol. The Kier molecular flexibility index (Phi) is 4.10. The highest BCUT2D eigenvalue weighted by Gasteiger charge is 2.21. The van der Waals surface area contributed by atoms with Crippen LogP contribution in [-0.4, -0.2) is 24.5 Å². The molecule has 2 aromatic rings. The summed E-state index contributed by atoms with van der Waals surface area (Å²) in [6.45, 7) is 0. The molecule has 1 aromatic heterocycles. The fourth-order valence-electron chi connectivity index (χ4n) is 1.57. The van der Waals surface area contributed by atoms with E-state index in [-0.39, 0.29) is 10.7 Å². The minimum absolute atomic E-state index is 0.125. The number of aromatic nitrogens is 1. The monoisotopic (exact) mass is 330 g/mol. The minimum Gasteiger partial charge on any atom is -0.478 e. The lowest BCUT2D eigenvalue weighted by Crippen LogP contribution is -2.16. The number of pyridine rings is 1. The molecule has 0 spiro atoms. The molecule has 21 heavy (non-hydrogen) atoms. The molecule has 0 radical (unpaired) electrons. The second-order valence-corrected chi connectivity index (χ2v) is 6.00. The van der Waals surface area contributed by atoms with Gasteiger partial charge in [-0.1, -0.05) is 17.7 Å². The van der Waals surface area contributed by atoms with Crippen molar-refractivity contribution in [3.8, 4) is 0 Å². The van der Waals surface area contributed by atoms with Gasteiger partial charge in [0.2, 0.25) is 0 Å². The van der Waals surface area contributed by atoms with Crippen LogP contribution in [0.1, 0.15) is 10.4 Å². The van der Waals surface area contributed by atoms with E-state index in [1.54, 1.807) is 0 Å². The molecule has 0 amide bonds. The van der Waals surface area contributed by atoms with Gasteiger partial charge in [0.1, 0.15) is 16.3 Å². The lowest BCUT2D eigenvalue weighted by Gasteiger charge is -2.11. The van der Waals surface area contributed by atoms with Crippen LogP contribution in [0, 0.1) is 5.82 Å². The number of anilines is 1. The summed E-state index contributed by atoms with van der Waals surface area (Å²) in [5.41, 5.74) is -0.619. The molecule has 1 aromatic carbocycles. The Morgan fingerprint density at radius 2 is 2.05 bits per heavy atom. The van der Waals surface area contributed by atoms with Gasteiger partial charge in [0.15, 0.2) is 0 Å². The van der Waals surface area contributed by atoms with Gasteiger partial charge in [-0.2, -0.15) is 0 Å². The number of hydrogen-bond acceptors (Lipinski definition) is 4. The second-order valence-electron chi connectivity index (χ2n) is 3.91. The lowest BCUT2D eigenvalue weighted by molar-refractivity contribution is 0.0698. The number of hydrogen-bond donors (Lipinski definition) is 2. The summed E-state index contributed by atoms with van der Waals surface area (Å²) in [6.07, 6.45) is 1.79. The van der Waals surface area contributed by atoms with Gasteiger partial charge in [0.25, 0.3) is 10.0 Å². The lowest BCUT2D eigenvalue weighted by atomic mass is 10.2. The first-order valence-electron chi connectivity index (χ1n) is 5.46. The standard InChI is InChI=1S/C12H8ClFN2O4S/c13-9-2-1-3-10(11(9)12(17)18)16-21(19,20)8-4-7(14)5-15-6-8/h1-6,16H,(H,17,18). The van der Waals surface area contributed by atoms with E-state index in [1.807, 2.05) is 0 Å². The molecule has 9 heteroatoms. The number of nitrogens with zero attached hydrogens (tertiary/aromatic N) is 1. The van der Waals surface area contributed by atoms with Crippen LogP contribution >= 0.6 is 11.6 Å². The van der Waals surface area contributed by atoms with Crippen molar-refractivity contribution in [1.82, 2.24) is 4.98 Å². The van der Waals surface area contributed by atoms with Gasteiger partial charge in [-0.15, -0.1) is 0 Å². The molecule has 110 valence electrons. The maximum Gasteiger partial charge on any atom is 0.339 e. The smallest absolute Gasteiger partial charge is 0.339 e. The summed E-state index contributed by atoms with van der Waals surface area (Å²) in [4.78, 5) is 14.1. The van der Waals surface area contributed by atoms with Crippen molar-refractivity contribution in [2.75, 3.05) is 4.72 Å². The summed E-state index contributed by atoms with van der Waals surface area (Å²) >= 11 is 5.74. The van der Waals surface area contributed by atoms with Crippen molar-refractivity contribution >= 4 is 33.3 Å². The third-order valence-corrected chi connectivity index (χ3v) is 4.11. The zero-order valence-corrected chi connectivity index (χ0v) is 11.8. The predicted molar refractivity (Wildman–Crippen MR) is 73.4 cm³/mol. The largest absolute Gasteiger partial charge is 0.478 e. The van der Waals surface area contributed by atoms with Gasteiger partial charge in [0.05, 0.1) is 16.9 Å². The molecule has 2 N–H and O–H groups in total. The quantitative estimate of drug-likeness (QED) is 0.897. The minimum atomic E-state index is -4.18. The van der Waals surface area contributed by atoms with Crippen LogP contribution in [0.4, 0.5) is 10.1 Å². The summed E-state index contributed by atoms with van der Waals surface area (Å²) < 4.78 is 39.3. The Morgan fingerprint density at radius 3 is 2.67 bits per heavy atom. The highest BCUT2D eigenvalue weighted by molar-refractivity contribution is 7.92. The molecule has 0 saturated heterocycles. The molecule has 0 aliphatic carbocycles. The fraction of sp³-hybridized carbons (Fsp3) is 0. The van der Waals surface area contributed by atoms with E-state index in [2.05, 4.69) is 9.71 Å². The van der Waals surface area contributed by atoms with Gasteiger partial charge in [-0.25, -0.2) is 17.6 Å². The fourth-order valence-corrected chi connectivity index (χ4v) is 2.87. The van der Waals surface area contributed by atoms with Crippen LogP contribution in [-0.2, 0) is 10.0 Å². The number of carboxylic acid groups (broad SMARTS) is 1. The van der Waals surface area contributed by atoms with E-state index in [4.69, 9.17) is 16.7 Å². The van der Waals surface area contributed by atoms with Gasteiger partial charge >= 0.3 is 5.97 Å². The number of benzene rings is 1. The topological polar surface area (TPSA) is 96.4 Å². The summed E-state index contributed by atoms with van der Waals surface area (Å²) in [5.74, 6) is -2.22. The van der Waals surface area contributed by atoms with E-state index in [0.29, 0.717) is 0 Å². The molecule has 0 bridgehead atoms. The maximum atomic E-state index is 13.0. The number of aromatic carboxylic acids is 1. The van der Waals surface area contributed by atoms with Gasteiger partial charge in [0, 0.05) is 6.20 Å². The van der Waals surface area contributed by atoms with E-state index in [9.17, 15) is 17.6 Å². The van der Waals surface area contributed by atoms with Crippen molar-refractivity contribution in [2.24, 2.45) is 0 Å².